The molecule has 4 rings (SSSR count). The van der Waals surface area contributed by atoms with Crippen LogP contribution in [0.4, 0.5) is 8.78 Å². The summed E-state index contributed by atoms with van der Waals surface area (Å²) in [4.78, 5) is 17.6. The number of methoxy groups -OCH3 is 1. The number of sulfonamides is 1. The monoisotopic (exact) mass is 495 g/mol. The number of nitrogens with zero attached hydrogens (tertiary/aromatic N) is 3. The van der Waals surface area contributed by atoms with Crippen molar-refractivity contribution in [3.8, 4) is 0 Å². The van der Waals surface area contributed by atoms with Crippen LogP contribution in [0.25, 0.3) is 10.2 Å². The van der Waals surface area contributed by atoms with Gasteiger partial charge in [-0.2, -0.15) is 9.30 Å². The highest BCUT2D eigenvalue weighted by Gasteiger charge is 2.32. The molecule has 1 saturated heterocycles. The molecule has 1 amide bonds. The molecule has 33 heavy (non-hydrogen) atoms. The molecule has 176 valence electrons. The van der Waals surface area contributed by atoms with Crippen LogP contribution in [0.3, 0.4) is 0 Å². The Labute approximate surface area is 194 Å². The Bertz CT molecular complexity index is 1330. The lowest BCUT2D eigenvalue weighted by molar-refractivity contribution is -0.122. The van der Waals surface area contributed by atoms with Crippen LogP contribution in [0.15, 0.2) is 52.4 Å². The molecule has 1 aliphatic heterocycles. The van der Waals surface area contributed by atoms with Gasteiger partial charge in [0.25, 0.3) is 5.91 Å². The molecular formula is C22H23F2N3O4S2. The zero-order valence-electron chi connectivity index (χ0n) is 17.9. The van der Waals surface area contributed by atoms with Crippen molar-refractivity contribution >= 4 is 37.5 Å². The topological polar surface area (TPSA) is 81.0 Å². The number of aromatic nitrogens is 1. The normalized spacial score (nSPS) is 16.5. The molecule has 11 heteroatoms. The average molecular weight is 496 g/mol. The van der Waals surface area contributed by atoms with E-state index in [0.29, 0.717) is 41.0 Å². The Morgan fingerprint density at radius 2 is 1.85 bits per heavy atom. The number of carbonyl (C=O) groups excluding carboxylic acids is 1. The summed E-state index contributed by atoms with van der Waals surface area (Å²) < 4.78 is 61.9. The van der Waals surface area contributed by atoms with E-state index in [9.17, 15) is 22.0 Å². The maximum Gasteiger partial charge on any atom is 0.251 e. The summed E-state index contributed by atoms with van der Waals surface area (Å²) in [7, 11) is -2.22. The van der Waals surface area contributed by atoms with Crippen molar-refractivity contribution in [1.29, 1.82) is 0 Å². The van der Waals surface area contributed by atoms with E-state index >= 15 is 0 Å². The average Bonchev–Trinajstić information content (AvgIpc) is 3.16. The molecule has 0 radical (unpaired) electrons. The fourth-order valence-corrected chi connectivity index (χ4v) is 6.39. The van der Waals surface area contributed by atoms with Crippen LogP contribution in [0, 0.1) is 17.6 Å². The predicted molar refractivity (Wildman–Crippen MR) is 120 cm³/mol. The van der Waals surface area contributed by atoms with Gasteiger partial charge in [0.15, 0.2) is 4.80 Å². The highest BCUT2D eigenvalue weighted by atomic mass is 32.2. The van der Waals surface area contributed by atoms with Crippen LogP contribution in [0.1, 0.15) is 12.8 Å². The van der Waals surface area contributed by atoms with Gasteiger partial charge in [0.1, 0.15) is 11.6 Å². The number of thiazole rings is 1. The maximum absolute atomic E-state index is 14.4. The van der Waals surface area contributed by atoms with Crippen LogP contribution in [0.5, 0.6) is 0 Å². The van der Waals surface area contributed by atoms with E-state index in [4.69, 9.17) is 4.74 Å². The third-order valence-corrected chi connectivity index (χ3v) is 8.59. The number of fused-ring (bicyclic) bond motifs is 1. The van der Waals surface area contributed by atoms with E-state index in [2.05, 4.69) is 4.99 Å². The van der Waals surface area contributed by atoms with E-state index in [1.54, 1.807) is 23.8 Å². The largest absolute Gasteiger partial charge is 0.383 e. The van der Waals surface area contributed by atoms with E-state index < -0.39 is 27.6 Å². The smallest absolute Gasteiger partial charge is 0.251 e. The minimum Gasteiger partial charge on any atom is -0.383 e. The molecule has 0 unspecified atom stereocenters. The highest BCUT2D eigenvalue weighted by Crippen LogP contribution is 2.25. The number of halogens is 2. The highest BCUT2D eigenvalue weighted by molar-refractivity contribution is 7.89. The number of amides is 1. The van der Waals surface area contributed by atoms with Crippen LogP contribution >= 0.6 is 11.3 Å². The summed E-state index contributed by atoms with van der Waals surface area (Å²) in [6.45, 7) is 1.01. The Kier molecular flexibility index (Phi) is 7.03. The molecule has 2 heterocycles. The van der Waals surface area contributed by atoms with Gasteiger partial charge in [0.2, 0.25) is 10.0 Å². The third kappa shape index (κ3) is 4.91. The Morgan fingerprint density at radius 3 is 2.52 bits per heavy atom. The summed E-state index contributed by atoms with van der Waals surface area (Å²) in [6.07, 6.45) is 0.639. The lowest BCUT2D eigenvalue weighted by atomic mass is 9.98. The quantitative estimate of drug-likeness (QED) is 0.526. The first-order valence-electron chi connectivity index (χ1n) is 10.4. The lowest BCUT2D eigenvalue weighted by Gasteiger charge is -2.29. The second kappa shape index (κ2) is 9.80. The summed E-state index contributed by atoms with van der Waals surface area (Å²) in [5, 5.41) is 0. The number of para-hydroxylation sites is 1. The summed E-state index contributed by atoms with van der Waals surface area (Å²) in [5.74, 6) is -1.70. The van der Waals surface area contributed by atoms with E-state index in [1.165, 1.54) is 33.8 Å². The lowest BCUT2D eigenvalue weighted by Crippen LogP contribution is -2.40. The van der Waals surface area contributed by atoms with E-state index in [1.807, 2.05) is 0 Å². The molecule has 0 atom stereocenters. The van der Waals surface area contributed by atoms with Gasteiger partial charge in [0, 0.05) is 32.7 Å². The van der Waals surface area contributed by atoms with Crippen LogP contribution < -0.4 is 4.80 Å². The molecule has 3 aromatic rings. The van der Waals surface area contributed by atoms with E-state index in [-0.39, 0.29) is 23.9 Å². The predicted octanol–water partition coefficient (Wildman–Crippen LogP) is 3.16. The Morgan fingerprint density at radius 1 is 1.15 bits per heavy atom. The molecule has 1 fully saturated rings. The van der Waals surface area contributed by atoms with Crippen molar-refractivity contribution in [3.05, 3.63) is 58.9 Å². The van der Waals surface area contributed by atoms with Gasteiger partial charge < -0.3 is 9.30 Å². The minimum absolute atomic E-state index is 0.0184. The molecule has 0 spiro atoms. The van der Waals surface area contributed by atoms with E-state index in [0.717, 1.165) is 12.1 Å². The van der Waals surface area contributed by atoms with Crippen LogP contribution in [-0.2, 0) is 26.1 Å². The summed E-state index contributed by atoms with van der Waals surface area (Å²) in [5.41, 5.74) is 0.381. The molecular weight excluding hydrogens is 472 g/mol. The van der Waals surface area contributed by atoms with Crippen molar-refractivity contribution in [3.63, 3.8) is 0 Å². The number of hydrogen-bond acceptors (Lipinski definition) is 5. The van der Waals surface area contributed by atoms with Gasteiger partial charge in [-0.25, -0.2) is 17.2 Å². The molecule has 1 aromatic heterocycles. The summed E-state index contributed by atoms with van der Waals surface area (Å²) in [6, 6.07) is 9.42. The number of piperidine rings is 1. The Hall–Kier alpha value is -2.47. The number of ether oxygens (including phenoxy) is 1. The van der Waals surface area contributed by atoms with Crippen molar-refractivity contribution in [2.24, 2.45) is 10.9 Å². The fourth-order valence-electron chi connectivity index (χ4n) is 3.85. The van der Waals surface area contributed by atoms with Gasteiger partial charge >= 0.3 is 0 Å². The fraction of sp³-hybridized carbons (Fsp3) is 0.364. The maximum atomic E-state index is 14.4. The molecule has 1 aliphatic rings. The second-order valence-electron chi connectivity index (χ2n) is 7.70. The van der Waals surface area contributed by atoms with Crippen LogP contribution in [0.2, 0.25) is 0 Å². The summed E-state index contributed by atoms with van der Waals surface area (Å²) >= 11 is 1.23. The number of carbonyl (C=O) groups is 1. The molecule has 7 nitrogen and oxygen atoms in total. The number of benzene rings is 2. The van der Waals surface area contributed by atoms with Crippen LogP contribution in [-0.4, -0.2) is 50.0 Å². The molecule has 0 aliphatic carbocycles. The van der Waals surface area contributed by atoms with Crippen molar-refractivity contribution in [2.45, 2.75) is 24.3 Å². The van der Waals surface area contributed by atoms with Gasteiger partial charge in [0.05, 0.1) is 21.7 Å². The molecule has 0 bridgehead atoms. The number of rotatable bonds is 6. The first kappa shape index (κ1) is 23.7. The van der Waals surface area contributed by atoms with Crippen molar-refractivity contribution in [2.75, 3.05) is 26.8 Å². The molecule has 0 saturated carbocycles. The number of hydrogen-bond donors (Lipinski definition) is 0. The van der Waals surface area contributed by atoms with Crippen molar-refractivity contribution < 1.29 is 26.7 Å². The first-order chi connectivity index (χ1) is 15.8. The Balaban J connectivity index is 1.53. The zero-order valence-corrected chi connectivity index (χ0v) is 19.5. The van der Waals surface area contributed by atoms with Crippen molar-refractivity contribution in [1.82, 2.24) is 8.87 Å². The first-order valence-corrected chi connectivity index (χ1v) is 12.7. The molecule has 0 N–H and O–H groups in total. The minimum atomic E-state index is -3.76. The van der Waals surface area contributed by atoms with Gasteiger partial charge in [-0.05, 0) is 49.2 Å². The molecule has 2 aromatic carbocycles. The SMILES string of the molecule is COCCn1c(=NC(=O)C2CCN(S(=O)(=O)c3ccc(F)cc3)CC2)sc2cccc(F)c21. The second-order valence-corrected chi connectivity index (χ2v) is 10.6. The third-order valence-electron chi connectivity index (χ3n) is 5.63. The van der Waals surface area contributed by atoms with Gasteiger partial charge in [-0.3, -0.25) is 4.79 Å². The van der Waals surface area contributed by atoms with Gasteiger partial charge in [-0.1, -0.05) is 17.4 Å². The zero-order chi connectivity index (χ0) is 23.6. The standard InChI is InChI=1S/C22H23F2N3O4S2/c1-31-14-13-27-20-18(24)3-2-4-19(20)32-22(27)25-21(28)15-9-11-26(12-10-15)33(29,30)17-7-5-16(23)6-8-17/h2-8,15H,9-14H2,1H3. The van der Waals surface area contributed by atoms with Gasteiger partial charge in [-0.15, -0.1) is 0 Å².